The molecule has 6 nitrogen and oxygen atoms in total. The quantitative estimate of drug-likeness (QED) is 0.676. The zero-order valence-corrected chi connectivity index (χ0v) is 16.1. The molecular formula is C17H15Cl2N3O3S. The van der Waals surface area contributed by atoms with Gasteiger partial charge in [-0.25, -0.2) is 4.98 Å². The number of halogens is 2. The number of thiazole rings is 1. The molecular weight excluding hydrogens is 397 g/mol. The molecule has 1 aromatic carbocycles. The molecule has 0 saturated carbocycles. The second-order valence-electron chi connectivity index (χ2n) is 5.54. The van der Waals surface area contributed by atoms with Crippen LogP contribution in [0.5, 0.6) is 5.75 Å². The first-order chi connectivity index (χ1) is 12.4. The van der Waals surface area contributed by atoms with Crippen molar-refractivity contribution in [3.05, 3.63) is 61.4 Å². The van der Waals surface area contributed by atoms with Crippen molar-refractivity contribution in [1.29, 1.82) is 0 Å². The Hall–Kier alpha value is -2.09. The SMILES string of the molecule is Cc1cc(=O)n2c(CCNC(=O)COc3ccc(Cl)cc3Cl)csc2n1. The van der Waals surface area contributed by atoms with Crippen LogP contribution in [0, 0.1) is 6.92 Å². The number of carbonyl (C=O) groups excluding carboxylic acids is 1. The molecule has 2 aromatic heterocycles. The Morgan fingerprint density at radius 3 is 2.92 bits per heavy atom. The van der Waals surface area contributed by atoms with Crippen LogP contribution in [0.1, 0.15) is 11.4 Å². The predicted octanol–water partition coefficient (Wildman–Crippen LogP) is 3.11. The van der Waals surface area contributed by atoms with Crippen molar-refractivity contribution in [2.45, 2.75) is 13.3 Å². The Morgan fingerprint density at radius 2 is 2.15 bits per heavy atom. The number of carbonyl (C=O) groups is 1. The first-order valence-electron chi connectivity index (χ1n) is 7.75. The van der Waals surface area contributed by atoms with E-state index in [2.05, 4.69) is 10.3 Å². The highest BCUT2D eigenvalue weighted by Gasteiger charge is 2.09. The Bertz CT molecular complexity index is 1020. The summed E-state index contributed by atoms with van der Waals surface area (Å²) in [5, 5.41) is 5.47. The van der Waals surface area contributed by atoms with Gasteiger partial charge in [0.25, 0.3) is 11.5 Å². The van der Waals surface area contributed by atoms with E-state index in [0.717, 1.165) is 5.69 Å². The zero-order chi connectivity index (χ0) is 18.7. The van der Waals surface area contributed by atoms with Gasteiger partial charge in [0, 0.05) is 40.8 Å². The molecule has 0 bridgehead atoms. The number of benzene rings is 1. The maximum atomic E-state index is 12.1. The number of rotatable bonds is 6. The van der Waals surface area contributed by atoms with Gasteiger partial charge in [-0.3, -0.25) is 14.0 Å². The van der Waals surface area contributed by atoms with Gasteiger partial charge in [0.05, 0.1) is 5.02 Å². The standard InChI is InChI=1S/C17H15Cl2N3O3S/c1-10-6-16(24)22-12(9-26-17(22)21-10)4-5-20-15(23)8-25-14-3-2-11(18)7-13(14)19/h2-3,6-7,9H,4-5,8H2,1H3,(H,20,23). The topological polar surface area (TPSA) is 72.7 Å². The molecule has 2 heterocycles. The van der Waals surface area contributed by atoms with Gasteiger partial charge in [0.2, 0.25) is 0 Å². The molecule has 0 aliphatic rings. The molecule has 1 amide bonds. The Kier molecular flexibility index (Phi) is 5.80. The number of fused-ring (bicyclic) bond motifs is 1. The molecule has 0 spiro atoms. The number of hydrogen-bond donors (Lipinski definition) is 1. The lowest BCUT2D eigenvalue weighted by Crippen LogP contribution is -2.31. The van der Waals surface area contributed by atoms with E-state index in [1.54, 1.807) is 29.5 Å². The summed E-state index contributed by atoms with van der Waals surface area (Å²) in [5.41, 5.74) is 1.38. The van der Waals surface area contributed by atoms with Crippen LogP contribution in [0.25, 0.3) is 4.96 Å². The van der Waals surface area contributed by atoms with Crippen LogP contribution < -0.4 is 15.6 Å². The summed E-state index contributed by atoms with van der Waals surface area (Å²) in [4.78, 5) is 29.0. The summed E-state index contributed by atoms with van der Waals surface area (Å²) < 4.78 is 6.94. The van der Waals surface area contributed by atoms with E-state index in [0.29, 0.717) is 39.4 Å². The molecule has 0 atom stereocenters. The van der Waals surface area contributed by atoms with Gasteiger partial charge < -0.3 is 10.1 Å². The third kappa shape index (κ3) is 4.35. The van der Waals surface area contributed by atoms with Crippen molar-refractivity contribution in [2.75, 3.05) is 13.2 Å². The van der Waals surface area contributed by atoms with Crippen LogP contribution in [-0.4, -0.2) is 28.4 Å². The highest BCUT2D eigenvalue weighted by Crippen LogP contribution is 2.27. The van der Waals surface area contributed by atoms with Crippen molar-refractivity contribution >= 4 is 45.4 Å². The number of amides is 1. The Morgan fingerprint density at radius 1 is 1.35 bits per heavy atom. The summed E-state index contributed by atoms with van der Waals surface area (Å²) in [7, 11) is 0. The number of nitrogens with one attached hydrogen (secondary N) is 1. The van der Waals surface area contributed by atoms with Crippen LogP contribution >= 0.6 is 34.5 Å². The lowest BCUT2D eigenvalue weighted by atomic mass is 10.3. The predicted molar refractivity (Wildman–Crippen MR) is 103 cm³/mol. The number of aromatic nitrogens is 2. The van der Waals surface area contributed by atoms with Crippen LogP contribution in [0.4, 0.5) is 0 Å². The van der Waals surface area contributed by atoms with Gasteiger partial charge in [-0.2, -0.15) is 0 Å². The van der Waals surface area contributed by atoms with E-state index in [1.807, 2.05) is 5.38 Å². The minimum atomic E-state index is -0.281. The first kappa shape index (κ1) is 18.7. The van der Waals surface area contributed by atoms with Gasteiger partial charge >= 0.3 is 0 Å². The maximum absolute atomic E-state index is 12.1. The molecule has 136 valence electrons. The van der Waals surface area contributed by atoms with Gasteiger partial charge in [0.15, 0.2) is 11.6 Å². The molecule has 26 heavy (non-hydrogen) atoms. The molecule has 3 aromatic rings. The minimum absolute atomic E-state index is 0.115. The maximum Gasteiger partial charge on any atom is 0.258 e. The first-order valence-corrected chi connectivity index (χ1v) is 9.39. The fourth-order valence-electron chi connectivity index (χ4n) is 2.37. The Balaban J connectivity index is 1.53. The molecule has 9 heteroatoms. The van der Waals surface area contributed by atoms with Gasteiger partial charge in [-0.05, 0) is 25.1 Å². The third-order valence-corrected chi connectivity index (χ3v) is 4.96. The lowest BCUT2D eigenvalue weighted by molar-refractivity contribution is -0.123. The van der Waals surface area contributed by atoms with Crippen molar-refractivity contribution in [3.8, 4) is 5.75 Å². The number of ether oxygens (including phenoxy) is 1. The Labute approximate surface area is 163 Å². The molecule has 1 N–H and O–H groups in total. The summed E-state index contributed by atoms with van der Waals surface area (Å²) in [6.07, 6.45) is 0.512. The van der Waals surface area contributed by atoms with E-state index in [9.17, 15) is 9.59 Å². The molecule has 0 aliphatic carbocycles. The highest BCUT2D eigenvalue weighted by atomic mass is 35.5. The largest absolute Gasteiger partial charge is 0.482 e. The average Bonchev–Trinajstić information content (AvgIpc) is 2.97. The van der Waals surface area contributed by atoms with E-state index < -0.39 is 0 Å². The third-order valence-electron chi connectivity index (χ3n) is 3.56. The second kappa shape index (κ2) is 8.07. The number of nitrogens with zero attached hydrogens (tertiary/aromatic N) is 2. The second-order valence-corrected chi connectivity index (χ2v) is 7.22. The van der Waals surface area contributed by atoms with Crippen molar-refractivity contribution in [1.82, 2.24) is 14.7 Å². The molecule has 3 rings (SSSR count). The van der Waals surface area contributed by atoms with E-state index >= 15 is 0 Å². The summed E-state index contributed by atoms with van der Waals surface area (Å²) >= 11 is 13.2. The summed E-state index contributed by atoms with van der Waals surface area (Å²) in [6, 6.07) is 6.28. The molecule has 0 radical (unpaired) electrons. The van der Waals surface area contributed by atoms with Gasteiger partial charge in [-0.15, -0.1) is 11.3 Å². The zero-order valence-electron chi connectivity index (χ0n) is 13.8. The molecule has 0 fully saturated rings. The van der Waals surface area contributed by atoms with Crippen LogP contribution in [0.2, 0.25) is 10.0 Å². The van der Waals surface area contributed by atoms with Gasteiger partial charge in [-0.1, -0.05) is 23.2 Å². The smallest absolute Gasteiger partial charge is 0.258 e. The van der Waals surface area contributed by atoms with E-state index in [-0.39, 0.29) is 18.1 Å². The fraction of sp³-hybridized carbons (Fsp3) is 0.235. The monoisotopic (exact) mass is 411 g/mol. The van der Waals surface area contributed by atoms with Crippen LogP contribution in [-0.2, 0) is 11.2 Å². The summed E-state index contributed by atoms with van der Waals surface area (Å²) in [6.45, 7) is 2.00. The number of aryl methyl sites for hydroxylation is 1. The van der Waals surface area contributed by atoms with Gasteiger partial charge in [0.1, 0.15) is 5.75 Å². The van der Waals surface area contributed by atoms with Crippen molar-refractivity contribution < 1.29 is 9.53 Å². The van der Waals surface area contributed by atoms with E-state index in [4.69, 9.17) is 27.9 Å². The number of hydrogen-bond acceptors (Lipinski definition) is 5. The molecule has 0 unspecified atom stereocenters. The van der Waals surface area contributed by atoms with Crippen LogP contribution in [0.15, 0.2) is 34.4 Å². The molecule has 0 saturated heterocycles. The van der Waals surface area contributed by atoms with Crippen molar-refractivity contribution in [2.24, 2.45) is 0 Å². The van der Waals surface area contributed by atoms with E-state index in [1.165, 1.54) is 17.4 Å². The summed E-state index contributed by atoms with van der Waals surface area (Å²) in [5.74, 6) is 0.111. The average molecular weight is 412 g/mol. The molecule has 0 aliphatic heterocycles. The highest BCUT2D eigenvalue weighted by molar-refractivity contribution is 7.15. The minimum Gasteiger partial charge on any atom is -0.482 e. The fourth-order valence-corrected chi connectivity index (χ4v) is 3.81. The van der Waals surface area contributed by atoms with Crippen LogP contribution in [0.3, 0.4) is 0 Å². The van der Waals surface area contributed by atoms with Crippen molar-refractivity contribution in [3.63, 3.8) is 0 Å². The normalized spacial score (nSPS) is 10.9. The lowest BCUT2D eigenvalue weighted by Gasteiger charge is -2.09.